The van der Waals surface area contributed by atoms with E-state index in [0.717, 1.165) is 22.6 Å². The van der Waals surface area contributed by atoms with E-state index in [4.69, 9.17) is 4.74 Å². The Hall–Kier alpha value is -2.95. The van der Waals surface area contributed by atoms with Crippen LogP contribution in [-0.4, -0.2) is 20.6 Å². The lowest BCUT2D eigenvalue weighted by Gasteiger charge is -2.27. The molecule has 1 aliphatic rings. The van der Waals surface area contributed by atoms with Crippen LogP contribution in [0.25, 0.3) is 0 Å². The summed E-state index contributed by atoms with van der Waals surface area (Å²) in [6.45, 7) is 0. The second-order valence-corrected chi connectivity index (χ2v) is 5.11. The van der Waals surface area contributed by atoms with Crippen molar-refractivity contribution in [2.75, 3.05) is 0 Å². The van der Waals surface area contributed by atoms with E-state index in [1.807, 2.05) is 42.5 Å². The Kier molecular flexibility index (Phi) is 3.16. The molecule has 0 saturated heterocycles. The first-order valence-corrected chi connectivity index (χ1v) is 7.13. The third-order valence-corrected chi connectivity index (χ3v) is 3.66. The maximum Gasteiger partial charge on any atom is 0.141 e. The van der Waals surface area contributed by atoms with Gasteiger partial charge in [-0.2, -0.15) is 5.10 Å². The first-order chi connectivity index (χ1) is 10.9. The molecule has 1 aromatic heterocycles. The molecule has 0 aliphatic carbocycles. The van der Waals surface area contributed by atoms with E-state index in [9.17, 15) is 0 Å². The molecule has 108 valence electrons. The van der Waals surface area contributed by atoms with Gasteiger partial charge in [-0.3, -0.25) is 0 Å². The van der Waals surface area contributed by atoms with Crippen molar-refractivity contribution >= 4 is 5.71 Å². The van der Waals surface area contributed by atoms with Gasteiger partial charge in [-0.05, 0) is 17.7 Å². The minimum atomic E-state index is -0.0358. The number of fused-ring (bicyclic) bond motifs is 1. The zero-order valence-electron chi connectivity index (χ0n) is 11.8. The average Bonchev–Trinajstić information content (AvgIpc) is 3.09. The van der Waals surface area contributed by atoms with Crippen molar-refractivity contribution in [3.05, 3.63) is 78.4 Å². The van der Waals surface area contributed by atoms with Crippen LogP contribution in [0.1, 0.15) is 23.7 Å². The first kappa shape index (κ1) is 12.8. The van der Waals surface area contributed by atoms with Crippen molar-refractivity contribution < 1.29 is 4.74 Å². The highest BCUT2D eigenvalue weighted by Gasteiger charge is 2.26. The van der Waals surface area contributed by atoms with E-state index in [-0.39, 0.29) is 6.10 Å². The number of ether oxygens (including phenoxy) is 1. The lowest BCUT2D eigenvalue weighted by Crippen LogP contribution is -2.21. The van der Waals surface area contributed by atoms with Crippen LogP contribution in [0.5, 0.6) is 5.75 Å². The molecule has 0 N–H and O–H groups in total. The van der Waals surface area contributed by atoms with Gasteiger partial charge in [0, 0.05) is 12.0 Å². The third kappa shape index (κ3) is 2.37. The van der Waals surface area contributed by atoms with Crippen LogP contribution in [0.4, 0.5) is 0 Å². The predicted octanol–water partition coefficient (Wildman–Crippen LogP) is 3.05. The maximum absolute atomic E-state index is 6.15. The molecule has 3 aromatic rings. The molecule has 0 amide bonds. The zero-order valence-corrected chi connectivity index (χ0v) is 11.8. The Morgan fingerprint density at radius 2 is 1.68 bits per heavy atom. The van der Waals surface area contributed by atoms with Crippen molar-refractivity contribution in [1.29, 1.82) is 0 Å². The van der Waals surface area contributed by atoms with Crippen molar-refractivity contribution in [3.63, 3.8) is 0 Å². The molecule has 0 spiro atoms. The van der Waals surface area contributed by atoms with Gasteiger partial charge in [-0.25, -0.2) is 4.68 Å². The molecule has 1 atom stereocenters. The van der Waals surface area contributed by atoms with E-state index in [1.165, 1.54) is 0 Å². The number of nitrogens with zero attached hydrogens (tertiary/aromatic N) is 4. The van der Waals surface area contributed by atoms with Gasteiger partial charge < -0.3 is 4.74 Å². The van der Waals surface area contributed by atoms with Gasteiger partial charge in [0.25, 0.3) is 0 Å². The molecule has 5 nitrogen and oxygen atoms in total. The summed E-state index contributed by atoms with van der Waals surface area (Å²) in [5, 5.41) is 12.2. The average molecular weight is 290 g/mol. The summed E-state index contributed by atoms with van der Waals surface area (Å²) >= 11 is 0. The number of rotatable bonds is 2. The summed E-state index contributed by atoms with van der Waals surface area (Å²) in [6, 6.07) is 18.2. The summed E-state index contributed by atoms with van der Waals surface area (Å²) in [5.74, 6) is 0.856. The molecule has 2 heterocycles. The molecule has 2 aromatic carbocycles. The van der Waals surface area contributed by atoms with E-state index in [0.29, 0.717) is 6.42 Å². The quantitative estimate of drug-likeness (QED) is 0.729. The Balaban J connectivity index is 1.77. The van der Waals surface area contributed by atoms with E-state index < -0.39 is 0 Å². The standard InChI is InChI=1S/C17H14N4O/c1-2-6-13(7-3-1)17-10-15(20-21-11-18-19-12-21)14-8-4-5-9-16(14)22-17/h1-9,11-12,17H,10H2/b20-15-/t17-/m1/s1. The zero-order chi connectivity index (χ0) is 14.8. The van der Waals surface area contributed by atoms with Gasteiger partial charge in [-0.1, -0.05) is 42.5 Å². The van der Waals surface area contributed by atoms with Crippen molar-refractivity contribution in [2.24, 2.45) is 5.10 Å². The molecule has 0 bridgehead atoms. The number of hydrogen-bond acceptors (Lipinski definition) is 4. The van der Waals surface area contributed by atoms with Crippen LogP contribution in [-0.2, 0) is 0 Å². The highest BCUT2D eigenvalue weighted by Crippen LogP contribution is 2.35. The summed E-state index contributed by atoms with van der Waals surface area (Å²) in [6.07, 6.45) is 3.84. The van der Waals surface area contributed by atoms with Gasteiger partial charge in [-0.15, -0.1) is 10.2 Å². The van der Waals surface area contributed by atoms with E-state index >= 15 is 0 Å². The summed E-state index contributed by atoms with van der Waals surface area (Å²) in [4.78, 5) is 0. The van der Waals surface area contributed by atoms with Crippen molar-refractivity contribution in [2.45, 2.75) is 12.5 Å². The molecule has 0 saturated carbocycles. The number of hydrogen-bond donors (Lipinski definition) is 0. The van der Waals surface area contributed by atoms with Crippen LogP contribution in [0.2, 0.25) is 0 Å². The Morgan fingerprint density at radius 1 is 0.955 bits per heavy atom. The highest BCUT2D eigenvalue weighted by molar-refractivity contribution is 6.04. The smallest absolute Gasteiger partial charge is 0.141 e. The predicted molar refractivity (Wildman–Crippen MR) is 82.8 cm³/mol. The molecule has 0 radical (unpaired) electrons. The van der Waals surface area contributed by atoms with E-state index in [2.05, 4.69) is 27.4 Å². The third-order valence-electron chi connectivity index (χ3n) is 3.66. The Labute approximate surface area is 127 Å². The van der Waals surface area contributed by atoms with Crippen LogP contribution in [0, 0.1) is 0 Å². The molecule has 22 heavy (non-hydrogen) atoms. The largest absolute Gasteiger partial charge is 0.485 e. The lowest BCUT2D eigenvalue weighted by atomic mass is 9.96. The molecular weight excluding hydrogens is 276 g/mol. The Morgan fingerprint density at radius 3 is 2.50 bits per heavy atom. The molecule has 1 aliphatic heterocycles. The molecule has 0 fully saturated rings. The molecule has 5 heteroatoms. The van der Waals surface area contributed by atoms with Crippen LogP contribution in [0.3, 0.4) is 0 Å². The summed E-state index contributed by atoms with van der Waals surface area (Å²) in [7, 11) is 0. The fraction of sp³-hybridized carbons (Fsp3) is 0.118. The second kappa shape index (κ2) is 5.44. The minimum absolute atomic E-state index is 0.0358. The summed E-state index contributed by atoms with van der Waals surface area (Å²) < 4.78 is 7.77. The lowest BCUT2D eigenvalue weighted by molar-refractivity contribution is 0.206. The topological polar surface area (TPSA) is 52.3 Å². The molecule has 0 unspecified atom stereocenters. The molecule has 4 rings (SSSR count). The first-order valence-electron chi connectivity index (χ1n) is 7.13. The number of benzene rings is 2. The maximum atomic E-state index is 6.15. The van der Waals surface area contributed by atoms with E-state index in [1.54, 1.807) is 17.3 Å². The fourth-order valence-corrected chi connectivity index (χ4v) is 2.62. The van der Waals surface area contributed by atoms with Gasteiger partial charge in [0.2, 0.25) is 0 Å². The van der Waals surface area contributed by atoms with Crippen LogP contribution in [0.15, 0.2) is 72.4 Å². The minimum Gasteiger partial charge on any atom is -0.485 e. The van der Waals surface area contributed by atoms with Crippen LogP contribution < -0.4 is 4.74 Å². The van der Waals surface area contributed by atoms with Gasteiger partial charge in [0.05, 0.1) is 5.71 Å². The van der Waals surface area contributed by atoms with Crippen LogP contribution >= 0.6 is 0 Å². The normalized spacial score (nSPS) is 18.7. The van der Waals surface area contributed by atoms with Gasteiger partial charge >= 0.3 is 0 Å². The number of aromatic nitrogens is 3. The molecular formula is C17H14N4O. The van der Waals surface area contributed by atoms with Crippen molar-refractivity contribution in [3.8, 4) is 5.75 Å². The van der Waals surface area contributed by atoms with Gasteiger partial charge in [0.15, 0.2) is 0 Å². The second-order valence-electron chi connectivity index (χ2n) is 5.11. The SMILES string of the molecule is c1ccc([C@H]2C/C(=N/n3cnnc3)c3ccccc3O2)cc1. The highest BCUT2D eigenvalue weighted by atomic mass is 16.5. The monoisotopic (exact) mass is 290 g/mol. The Bertz CT molecular complexity index is 797. The summed E-state index contributed by atoms with van der Waals surface area (Å²) in [5.41, 5.74) is 3.13. The fourth-order valence-electron chi connectivity index (χ4n) is 2.62. The van der Waals surface area contributed by atoms with Crippen molar-refractivity contribution in [1.82, 2.24) is 14.9 Å². The number of para-hydroxylation sites is 1. The van der Waals surface area contributed by atoms with Gasteiger partial charge in [0.1, 0.15) is 24.5 Å².